The highest BCUT2D eigenvalue weighted by atomic mass is 32.1. The van der Waals surface area contributed by atoms with Crippen molar-refractivity contribution in [3.63, 3.8) is 0 Å². The van der Waals surface area contributed by atoms with Crippen LogP contribution >= 0.6 is 24.8 Å². The van der Waals surface area contributed by atoms with E-state index in [1.54, 1.807) is 12.1 Å². The maximum Gasteiger partial charge on any atom is 0.251 e. The van der Waals surface area contributed by atoms with E-state index in [-0.39, 0.29) is 16.4 Å². The molecule has 1 amide bonds. The van der Waals surface area contributed by atoms with Gasteiger partial charge in [-0.15, -0.1) is 0 Å². The van der Waals surface area contributed by atoms with E-state index in [2.05, 4.69) is 30.2 Å². The molecule has 0 aliphatic rings. The smallest absolute Gasteiger partial charge is 0.251 e. The van der Waals surface area contributed by atoms with Crippen molar-refractivity contribution in [1.82, 2.24) is 5.32 Å². The molecule has 16 heavy (non-hydrogen) atoms. The van der Waals surface area contributed by atoms with E-state index in [1.807, 2.05) is 25.1 Å². The Hall–Kier alpha value is -1.07. The highest BCUT2D eigenvalue weighted by molar-refractivity contribution is 8.10. The molecule has 0 heterocycles. The highest BCUT2D eigenvalue weighted by Gasteiger charge is 2.08. The minimum absolute atomic E-state index is 0.124. The van der Waals surface area contributed by atoms with Gasteiger partial charge in [0.15, 0.2) is 0 Å². The number of hydrogen-bond donors (Lipinski definition) is 2. The van der Waals surface area contributed by atoms with Gasteiger partial charge in [0, 0.05) is 5.56 Å². The van der Waals surface area contributed by atoms with Crippen LogP contribution in [0.1, 0.15) is 17.3 Å². The molecule has 1 rings (SSSR count). The molecule has 1 aromatic rings. The summed E-state index contributed by atoms with van der Waals surface area (Å²) in [5.41, 5.74) is 0.628. The van der Waals surface area contributed by atoms with Gasteiger partial charge < -0.3 is 10.1 Å². The fraction of sp³-hybridized carbons (Fsp3) is 0.273. The standard InChI is InChI=1S/C11H13NO2S2/c1-8(14-11(15)16)7-12-10(13)9-5-3-2-4-6-9/h2-6,8H,7H2,1H3,(H,12,13)(H,15,16). The summed E-state index contributed by atoms with van der Waals surface area (Å²) in [7, 11) is 0. The second-order valence-corrected chi connectivity index (χ2v) is 4.35. The third kappa shape index (κ3) is 4.63. The van der Waals surface area contributed by atoms with Gasteiger partial charge in [0.1, 0.15) is 6.10 Å². The number of rotatable bonds is 4. The first-order valence-corrected chi connectivity index (χ1v) is 5.68. The van der Waals surface area contributed by atoms with Gasteiger partial charge in [0.05, 0.1) is 6.54 Å². The maximum atomic E-state index is 11.6. The predicted molar refractivity (Wildman–Crippen MR) is 70.9 cm³/mol. The normalized spacial score (nSPS) is 11.6. The number of hydrogen-bond acceptors (Lipinski definition) is 3. The number of nitrogens with one attached hydrogen (secondary N) is 1. The summed E-state index contributed by atoms with van der Waals surface area (Å²) < 4.78 is 5.30. The third-order valence-corrected chi connectivity index (χ3v) is 2.09. The van der Waals surface area contributed by atoms with Gasteiger partial charge in [-0.2, -0.15) is 0 Å². The van der Waals surface area contributed by atoms with Gasteiger partial charge in [-0.1, -0.05) is 30.8 Å². The monoisotopic (exact) mass is 255 g/mol. The Morgan fingerprint density at radius 1 is 1.50 bits per heavy atom. The molecule has 1 aromatic carbocycles. The van der Waals surface area contributed by atoms with E-state index >= 15 is 0 Å². The first-order valence-electron chi connectivity index (χ1n) is 4.82. The molecule has 0 fully saturated rings. The number of carbonyl (C=O) groups is 1. The van der Waals surface area contributed by atoms with E-state index in [0.29, 0.717) is 12.1 Å². The molecule has 1 atom stereocenters. The van der Waals surface area contributed by atoms with Crippen LogP contribution in [0.15, 0.2) is 30.3 Å². The number of benzene rings is 1. The molecule has 0 radical (unpaired) electrons. The van der Waals surface area contributed by atoms with Gasteiger partial charge in [-0.3, -0.25) is 4.79 Å². The Morgan fingerprint density at radius 2 is 2.12 bits per heavy atom. The van der Waals surface area contributed by atoms with Crippen molar-refractivity contribution in [3.05, 3.63) is 35.9 Å². The van der Waals surface area contributed by atoms with E-state index in [4.69, 9.17) is 4.74 Å². The highest BCUT2D eigenvalue weighted by Crippen LogP contribution is 1.99. The lowest BCUT2D eigenvalue weighted by atomic mass is 10.2. The molecular weight excluding hydrogens is 242 g/mol. The summed E-state index contributed by atoms with van der Waals surface area (Å²) >= 11 is 8.52. The van der Waals surface area contributed by atoms with Crippen LogP contribution in [0.5, 0.6) is 0 Å². The molecule has 0 saturated heterocycles. The molecule has 0 spiro atoms. The van der Waals surface area contributed by atoms with Crippen LogP contribution < -0.4 is 5.32 Å². The third-order valence-electron chi connectivity index (χ3n) is 1.89. The predicted octanol–water partition coefficient (Wildman–Crippen LogP) is 2.04. The average molecular weight is 255 g/mol. The van der Waals surface area contributed by atoms with Crippen molar-refractivity contribution in [2.24, 2.45) is 0 Å². The number of thiol groups is 1. The van der Waals surface area contributed by atoms with Gasteiger partial charge >= 0.3 is 0 Å². The molecule has 0 aliphatic heterocycles. The summed E-state index contributed by atoms with van der Waals surface area (Å²) in [4.78, 5) is 11.6. The SMILES string of the molecule is CC(CNC(=O)c1ccccc1)OC(=S)S. The number of ether oxygens (including phenoxy) is 1. The van der Waals surface area contributed by atoms with Crippen molar-refractivity contribution in [2.45, 2.75) is 13.0 Å². The molecule has 0 aromatic heterocycles. The zero-order valence-electron chi connectivity index (χ0n) is 8.84. The maximum absolute atomic E-state index is 11.6. The molecule has 3 nitrogen and oxygen atoms in total. The molecule has 1 unspecified atom stereocenters. The fourth-order valence-corrected chi connectivity index (χ4v) is 1.49. The lowest BCUT2D eigenvalue weighted by Crippen LogP contribution is -2.32. The summed E-state index contributed by atoms with van der Waals surface area (Å²) in [5.74, 6) is -0.124. The molecule has 0 saturated carbocycles. The van der Waals surface area contributed by atoms with Crippen molar-refractivity contribution < 1.29 is 9.53 Å². The molecule has 86 valence electrons. The zero-order chi connectivity index (χ0) is 12.0. The Kier molecular flexibility index (Phi) is 5.28. The fourth-order valence-electron chi connectivity index (χ4n) is 1.14. The second kappa shape index (κ2) is 6.50. The van der Waals surface area contributed by atoms with Crippen LogP contribution in [0.2, 0.25) is 0 Å². The van der Waals surface area contributed by atoms with Gasteiger partial charge in [0.25, 0.3) is 5.91 Å². The van der Waals surface area contributed by atoms with Gasteiger partial charge in [0.2, 0.25) is 4.38 Å². The summed E-state index contributed by atoms with van der Waals surface area (Å²) in [5, 5.41) is 2.75. The van der Waals surface area contributed by atoms with Crippen molar-refractivity contribution in [2.75, 3.05) is 6.54 Å². The number of carbonyl (C=O) groups excluding carboxylic acids is 1. The van der Waals surface area contributed by atoms with E-state index in [1.165, 1.54) is 0 Å². The lowest BCUT2D eigenvalue weighted by molar-refractivity contribution is 0.0931. The van der Waals surface area contributed by atoms with Crippen LogP contribution in [-0.4, -0.2) is 22.9 Å². The lowest BCUT2D eigenvalue weighted by Gasteiger charge is -2.13. The van der Waals surface area contributed by atoms with Gasteiger partial charge in [-0.05, 0) is 31.3 Å². The summed E-state index contributed by atoms with van der Waals surface area (Å²) in [6.45, 7) is 2.21. The molecule has 5 heteroatoms. The topological polar surface area (TPSA) is 38.3 Å². The van der Waals surface area contributed by atoms with Crippen LogP contribution in [0.25, 0.3) is 0 Å². The first kappa shape index (κ1) is 13.0. The van der Waals surface area contributed by atoms with E-state index in [0.717, 1.165) is 0 Å². The Balaban J connectivity index is 2.39. The Morgan fingerprint density at radius 3 is 2.69 bits per heavy atom. The van der Waals surface area contributed by atoms with Crippen molar-refractivity contribution in [1.29, 1.82) is 0 Å². The molecular formula is C11H13NO2S2. The van der Waals surface area contributed by atoms with Gasteiger partial charge in [-0.25, -0.2) is 0 Å². The average Bonchev–Trinajstić information content (AvgIpc) is 2.26. The Labute approximate surface area is 106 Å². The first-order chi connectivity index (χ1) is 7.59. The summed E-state index contributed by atoms with van der Waals surface area (Å²) in [6, 6.07) is 9.01. The zero-order valence-corrected chi connectivity index (χ0v) is 10.6. The van der Waals surface area contributed by atoms with Crippen molar-refractivity contribution in [3.8, 4) is 0 Å². The number of amides is 1. The molecule has 0 aliphatic carbocycles. The van der Waals surface area contributed by atoms with Crippen LogP contribution in [0.4, 0.5) is 0 Å². The van der Waals surface area contributed by atoms with Crippen LogP contribution in [0.3, 0.4) is 0 Å². The van der Waals surface area contributed by atoms with E-state index in [9.17, 15) is 4.79 Å². The minimum Gasteiger partial charge on any atom is -0.474 e. The minimum atomic E-state index is -0.183. The van der Waals surface area contributed by atoms with E-state index < -0.39 is 0 Å². The summed E-state index contributed by atoms with van der Waals surface area (Å²) in [6.07, 6.45) is -0.183. The van der Waals surface area contributed by atoms with Crippen molar-refractivity contribution >= 4 is 35.1 Å². The number of thiocarbonyl (C=S) groups is 1. The van der Waals surface area contributed by atoms with Crippen LogP contribution in [-0.2, 0) is 4.74 Å². The second-order valence-electron chi connectivity index (χ2n) is 3.27. The Bertz CT molecular complexity index is 368. The molecule has 1 N–H and O–H groups in total. The van der Waals surface area contributed by atoms with Crippen LogP contribution in [0, 0.1) is 0 Å². The molecule has 0 bridgehead atoms. The largest absolute Gasteiger partial charge is 0.474 e. The quantitative estimate of drug-likeness (QED) is 0.639.